The van der Waals surface area contributed by atoms with Gasteiger partial charge in [-0.3, -0.25) is 9.59 Å². The summed E-state index contributed by atoms with van der Waals surface area (Å²) in [4.78, 5) is 38.4. The van der Waals surface area contributed by atoms with E-state index < -0.39 is 11.7 Å². The van der Waals surface area contributed by atoms with Crippen molar-refractivity contribution in [2.45, 2.75) is 71.4 Å². The van der Waals surface area contributed by atoms with Gasteiger partial charge in [0.25, 0.3) is 5.91 Å². The van der Waals surface area contributed by atoms with Crippen molar-refractivity contribution >= 4 is 17.9 Å². The Morgan fingerprint density at radius 1 is 1.00 bits per heavy atom. The zero-order chi connectivity index (χ0) is 22.5. The number of carbonyl (C=O) groups excluding carboxylic acids is 3. The largest absolute Gasteiger partial charge is 0.444 e. The van der Waals surface area contributed by atoms with Crippen molar-refractivity contribution in [2.24, 2.45) is 0 Å². The molecule has 0 spiro atoms. The summed E-state index contributed by atoms with van der Waals surface area (Å²) in [5, 5.41) is 5.56. The second-order valence-corrected chi connectivity index (χ2v) is 9.81. The Hall–Kier alpha value is -2.57. The van der Waals surface area contributed by atoms with Crippen LogP contribution >= 0.6 is 0 Å². The van der Waals surface area contributed by atoms with E-state index in [-0.39, 0.29) is 29.8 Å². The first-order valence-corrected chi connectivity index (χ1v) is 10.5. The normalized spacial score (nSPS) is 15.5. The number of alkyl carbamates (subject to hydrolysis) is 1. The van der Waals surface area contributed by atoms with Crippen molar-refractivity contribution in [2.75, 3.05) is 19.6 Å². The van der Waals surface area contributed by atoms with Crippen molar-refractivity contribution < 1.29 is 19.1 Å². The molecule has 1 aliphatic heterocycles. The monoisotopic (exact) mass is 417 g/mol. The number of benzene rings is 1. The zero-order valence-electron chi connectivity index (χ0n) is 19.0. The molecule has 2 rings (SSSR count). The highest BCUT2D eigenvalue weighted by Gasteiger charge is 2.26. The van der Waals surface area contributed by atoms with Gasteiger partial charge in [0.05, 0.1) is 6.54 Å². The van der Waals surface area contributed by atoms with Gasteiger partial charge in [-0.25, -0.2) is 4.79 Å². The van der Waals surface area contributed by atoms with Crippen LogP contribution in [0.15, 0.2) is 24.3 Å². The predicted molar refractivity (Wildman–Crippen MR) is 116 cm³/mol. The molecule has 0 aliphatic carbocycles. The standard InChI is InChI=1S/C23H35N3O4/c1-22(2,3)17-9-7-16(8-10-17)20(28)24-15-19(27)26-13-11-18(12-14-26)25-21(29)30-23(4,5)6/h7-10,18H,11-15H2,1-6H3,(H,24,28)(H,25,29). The van der Waals surface area contributed by atoms with Crippen LogP contribution in [0, 0.1) is 0 Å². The summed E-state index contributed by atoms with van der Waals surface area (Å²) in [5.41, 5.74) is 1.18. The van der Waals surface area contributed by atoms with E-state index in [0.29, 0.717) is 31.5 Å². The van der Waals surface area contributed by atoms with Crippen molar-refractivity contribution in [1.29, 1.82) is 0 Å². The van der Waals surface area contributed by atoms with E-state index in [1.165, 1.54) is 0 Å². The molecule has 0 bridgehead atoms. The van der Waals surface area contributed by atoms with Crippen molar-refractivity contribution in [3.8, 4) is 0 Å². The number of hydrogen-bond acceptors (Lipinski definition) is 4. The van der Waals surface area contributed by atoms with Gasteiger partial charge in [0, 0.05) is 24.7 Å². The molecule has 0 radical (unpaired) electrons. The quantitative estimate of drug-likeness (QED) is 0.787. The Morgan fingerprint density at radius 2 is 1.57 bits per heavy atom. The highest BCUT2D eigenvalue weighted by molar-refractivity contribution is 5.96. The van der Waals surface area contributed by atoms with Crippen molar-refractivity contribution in [3.63, 3.8) is 0 Å². The molecular formula is C23H35N3O4. The number of piperidine rings is 1. The van der Waals surface area contributed by atoms with E-state index in [2.05, 4.69) is 31.4 Å². The van der Waals surface area contributed by atoms with Gasteiger partial charge in [-0.1, -0.05) is 32.9 Å². The number of ether oxygens (including phenoxy) is 1. The number of nitrogens with zero attached hydrogens (tertiary/aromatic N) is 1. The maximum absolute atomic E-state index is 12.4. The van der Waals surface area contributed by atoms with Crippen molar-refractivity contribution in [3.05, 3.63) is 35.4 Å². The minimum atomic E-state index is -0.536. The molecule has 1 fully saturated rings. The van der Waals surface area contributed by atoms with Crippen LogP contribution in [-0.4, -0.2) is 54.1 Å². The first kappa shape index (κ1) is 23.7. The third-order valence-electron chi connectivity index (χ3n) is 4.98. The Balaban J connectivity index is 1.76. The first-order valence-electron chi connectivity index (χ1n) is 10.5. The molecule has 1 aromatic rings. The van der Waals surface area contributed by atoms with Crippen LogP contribution in [0.5, 0.6) is 0 Å². The maximum Gasteiger partial charge on any atom is 0.407 e. The summed E-state index contributed by atoms with van der Waals surface area (Å²) in [6.07, 6.45) is 0.887. The van der Waals surface area contributed by atoms with Gasteiger partial charge in [-0.2, -0.15) is 0 Å². The summed E-state index contributed by atoms with van der Waals surface area (Å²) in [6.45, 7) is 12.9. The van der Waals surface area contributed by atoms with Crippen LogP contribution in [0.25, 0.3) is 0 Å². The molecule has 0 unspecified atom stereocenters. The van der Waals surface area contributed by atoms with Gasteiger partial charge >= 0.3 is 6.09 Å². The second-order valence-electron chi connectivity index (χ2n) is 9.81. The minimum absolute atomic E-state index is 0.0141. The molecule has 1 aliphatic rings. The Bertz CT molecular complexity index is 752. The SMILES string of the molecule is CC(C)(C)OC(=O)NC1CCN(C(=O)CNC(=O)c2ccc(C(C)(C)C)cc2)CC1. The van der Waals surface area contributed by atoms with Crippen LogP contribution in [0.1, 0.15) is 70.3 Å². The van der Waals surface area contributed by atoms with Crippen LogP contribution in [0.2, 0.25) is 0 Å². The van der Waals surface area contributed by atoms with Gasteiger partial charge in [-0.05, 0) is 56.7 Å². The lowest BCUT2D eigenvalue weighted by molar-refractivity contribution is -0.131. The minimum Gasteiger partial charge on any atom is -0.444 e. The molecular weight excluding hydrogens is 382 g/mol. The zero-order valence-corrected chi connectivity index (χ0v) is 19.0. The number of nitrogens with one attached hydrogen (secondary N) is 2. The molecule has 2 N–H and O–H groups in total. The number of hydrogen-bond donors (Lipinski definition) is 2. The predicted octanol–water partition coefficient (Wildman–Crippen LogP) is 3.23. The summed E-state index contributed by atoms with van der Waals surface area (Å²) in [5.74, 6) is -0.379. The van der Waals surface area contributed by atoms with E-state index in [4.69, 9.17) is 4.74 Å². The lowest BCUT2D eigenvalue weighted by Crippen LogP contribution is -2.49. The fourth-order valence-electron chi connectivity index (χ4n) is 3.24. The molecule has 0 saturated carbocycles. The van der Waals surface area contributed by atoms with E-state index in [0.717, 1.165) is 5.56 Å². The fraction of sp³-hybridized carbons (Fsp3) is 0.609. The Labute approximate surface area is 179 Å². The summed E-state index contributed by atoms with van der Waals surface area (Å²) in [7, 11) is 0. The molecule has 1 saturated heterocycles. The molecule has 7 nitrogen and oxygen atoms in total. The van der Waals surface area contributed by atoms with Crippen LogP contribution in [-0.2, 0) is 14.9 Å². The molecule has 1 heterocycles. The summed E-state index contributed by atoms with van der Waals surface area (Å²) in [6, 6.07) is 7.45. The average molecular weight is 418 g/mol. The number of carbonyl (C=O) groups is 3. The van der Waals surface area contributed by atoms with Crippen molar-refractivity contribution in [1.82, 2.24) is 15.5 Å². The highest BCUT2D eigenvalue weighted by Crippen LogP contribution is 2.22. The van der Waals surface area contributed by atoms with Gasteiger partial charge in [-0.15, -0.1) is 0 Å². The van der Waals surface area contributed by atoms with Gasteiger partial charge < -0.3 is 20.3 Å². The lowest BCUT2D eigenvalue weighted by Gasteiger charge is -2.33. The Morgan fingerprint density at radius 3 is 2.07 bits per heavy atom. The van der Waals surface area contributed by atoms with E-state index in [9.17, 15) is 14.4 Å². The van der Waals surface area contributed by atoms with Crippen LogP contribution in [0.4, 0.5) is 4.79 Å². The van der Waals surface area contributed by atoms with Gasteiger partial charge in [0.1, 0.15) is 5.60 Å². The van der Waals surface area contributed by atoms with Gasteiger partial charge in [0.2, 0.25) is 5.91 Å². The lowest BCUT2D eigenvalue weighted by atomic mass is 9.87. The smallest absolute Gasteiger partial charge is 0.407 e. The van der Waals surface area contributed by atoms with Crippen LogP contribution in [0.3, 0.4) is 0 Å². The number of likely N-dealkylation sites (tertiary alicyclic amines) is 1. The highest BCUT2D eigenvalue weighted by atomic mass is 16.6. The molecule has 3 amide bonds. The summed E-state index contributed by atoms with van der Waals surface area (Å²) >= 11 is 0. The molecule has 1 aromatic carbocycles. The fourth-order valence-corrected chi connectivity index (χ4v) is 3.24. The average Bonchev–Trinajstić information content (AvgIpc) is 2.64. The maximum atomic E-state index is 12.4. The Kier molecular flexibility index (Phi) is 7.50. The van der Waals surface area contributed by atoms with E-state index in [1.807, 2.05) is 32.9 Å². The second kappa shape index (κ2) is 9.49. The molecule has 0 aromatic heterocycles. The third-order valence-corrected chi connectivity index (χ3v) is 4.98. The molecule has 30 heavy (non-hydrogen) atoms. The van der Waals surface area contributed by atoms with E-state index >= 15 is 0 Å². The molecule has 7 heteroatoms. The number of rotatable bonds is 4. The van der Waals surface area contributed by atoms with E-state index in [1.54, 1.807) is 17.0 Å². The molecule has 0 atom stereocenters. The first-order chi connectivity index (χ1) is 13.8. The number of amides is 3. The topological polar surface area (TPSA) is 87.7 Å². The van der Waals surface area contributed by atoms with Gasteiger partial charge in [0.15, 0.2) is 0 Å². The van der Waals surface area contributed by atoms with Crippen LogP contribution < -0.4 is 10.6 Å². The molecule has 166 valence electrons. The third kappa shape index (κ3) is 7.35. The summed E-state index contributed by atoms with van der Waals surface area (Å²) < 4.78 is 5.27.